The number of rotatable bonds is 3. The minimum atomic E-state index is -3.31. The van der Waals surface area contributed by atoms with Crippen molar-refractivity contribution in [3.63, 3.8) is 0 Å². The first kappa shape index (κ1) is 20.2. The normalized spacial score (nSPS) is 21.5. The zero-order chi connectivity index (χ0) is 20.9. The average Bonchev–Trinajstić information content (AvgIpc) is 3.45. The van der Waals surface area contributed by atoms with Gasteiger partial charge in [0.25, 0.3) is 0 Å². The molecule has 8 heteroatoms. The van der Waals surface area contributed by atoms with Gasteiger partial charge in [-0.3, -0.25) is 0 Å². The number of fused-ring (bicyclic) bond motifs is 3. The number of hydrogen-bond acceptors (Lipinski definition) is 4. The van der Waals surface area contributed by atoms with E-state index < -0.39 is 15.9 Å². The predicted molar refractivity (Wildman–Crippen MR) is 120 cm³/mol. The maximum absolute atomic E-state index is 13.3. The Morgan fingerprint density at radius 3 is 2.50 bits per heavy atom. The largest absolute Gasteiger partial charge is 0.381 e. The Morgan fingerprint density at radius 2 is 1.83 bits per heavy atom. The van der Waals surface area contributed by atoms with E-state index in [1.165, 1.54) is 33.6 Å². The van der Waals surface area contributed by atoms with Crippen molar-refractivity contribution in [2.75, 3.05) is 12.4 Å². The molecule has 3 aliphatic carbocycles. The van der Waals surface area contributed by atoms with Crippen LogP contribution in [-0.2, 0) is 53.2 Å². The molecule has 0 aliphatic heterocycles. The highest BCUT2D eigenvalue weighted by Gasteiger charge is 2.28. The zero-order valence-corrected chi connectivity index (χ0v) is 18.8. The van der Waals surface area contributed by atoms with Gasteiger partial charge in [0.2, 0.25) is 0 Å². The molecular formula is C22H27N3O3S2. The number of anilines is 1. The van der Waals surface area contributed by atoms with Gasteiger partial charge in [-0.1, -0.05) is 6.07 Å². The molecule has 30 heavy (non-hydrogen) atoms. The fourth-order valence-corrected chi connectivity index (χ4v) is 7.79. The Balaban J connectivity index is 1.47. The van der Waals surface area contributed by atoms with E-state index in [-0.39, 0.29) is 6.10 Å². The molecule has 0 saturated heterocycles. The molecule has 0 bridgehead atoms. The molecular weight excluding hydrogens is 418 g/mol. The molecule has 1 aromatic heterocycles. The predicted octanol–water partition coefficient (Wildman–Crippen LogP) is 4.16. The molecule has 5 rings (SSSR count). The number of benzene rings is 1. The molecule has 2 aromatic rings. The zero-order valence-electron chi connectivity index (χ0n) is 17.2. The van der Waals surface area contributed by atoms with Crippen molar-refractivity contribution in [3.8, 4) is 0 Å². The highest BCUT2D eigenvalue weighted by atomic mass is 32.2. The number of nitrogens with one attached hydrogen (secondary N) is 1. The first-order chi connectivity index (χ1) is 14.5. The van der Waals surface area contributed by atoms with Gasteiger partial charge in [-0.2, -0.15) is 0 Å². The van der Waals surface area contributed by atoms with E-state index in [2.05, 4.69) is 15.7 Å². The van der Waals surface area contributed by atoms with Crippen LogP contribution in [0.4, 0.5) is 10.5 Å². The van der Waals surface area contributed by atoms with Crippen LogP contribution in [0.3, 0.4) is 0 Å². The summed E-state index contributed by atoms with van der Waals surface area (Å²) in [6.07, 6.45) is 8.81. The second-order valence-electron chi connectivity index (χ2n) is 8.45. The van der Waals surface area contributed by atoms with Gasteiger partial charge in [-0.15, -0.1) is 15.7 Å². The Bertz CT molecular complexity index is 1110. The Kier molecular flexibility index (Phi) is 5.21. The van der Waals surface area contributed by atoms with Crippen LogP contribution in [0.5, 0.6) is 0 Å². The van der Waals surface area contributed by atoms with Crippen molar-refractivity contribution >= 4 is 33.0 Å². The maximum atomic E-state index is 13.3. The summed E-state index contributed by atoms with van der Waals surface area (Å²) in [6, 6.07) is 1.70. The van der Waals surface area contributed by atoms with E-state index in [1.807, 2.05) is 5.38 Å². The van der Waals surface area contributed by atoms with Crippen molar-refractivity contribution in [2.24, 2.45) is 9.50 Å². The molecule has 2 atom stereocenters. The number of urea groups is 1. The number of nitrogens with two attached hydrogens (primary N) is 1. The van der Waals surface area contributed by atoms with Gasteiger partial charge in [-0.25, -0.2) is 14.1 Å². The summed E-state index contributed by atoms with van der Waals surface area (Å²) in [5.74, 6) is 0. The molecule has 1 aromatic carbocycles. The molecule has 3 aliphatic rings. The van der Waals surface area contributed by atoms with Gasteiger partial charge in [0.1, 0.15) is 4.21 Å². The number of methoxy groups -OCH3 is 1. The average molecular weight is 446 g/mol. The molecule has 3 N–H and O–H groups in total. The molecule has 0 fully saturated rings. The molecule has 6 nitrogen and oxygen atoms in total. The van der Waals surface area contributed by atoms with Gasteiger partial charge in [0.05, 0.1) is 6.10 Å². The van der Waals surface area contributed by atoms with Crippen LogP contribution < -0.4 is 10.5 Å². The quantitative estimate of drug-likeness (QED) is 0.743. The fraction of sp³-hybridized carbons (Fsp3) is 0.500. The standard InChI is InChI=1S/C22H27N3O3S2/c1-28-16-9-8-15-12-29-21(19(15)11-16)30(23,27)25-22(26)24-20-17-6-2-4-13(17)10-14-5-3-7-18(14)20/h10,12,16H,2-9,11H2,1H3,(H3,23,24,25,26,27)/t16-,30?/m1/s1. The summed E-state index contributed by atoms with van der Waals surface area (Å²) in [5, 5.41) is 11.1. The van der Waals surface area contributed by atoms with E-state index >= 15 is 0 Å². The third kappa shape index (κ3) is 3.49. The van der Waals surface area contributed by atoms with E-state index in [4.69, 9.17) is 9.88 Å². The van der Waals surface area contributed by atoms with Gasteiger partial charge < -0.3 is 10.1 Å². The molecule has 0 spiro atoms. The van der Waals surface area contributed by atoms with E-state index in [9.17, 15) is 9.00 Å². The number of hydrogen-bond donors (Lipinski definition) is 2. The number of aryl methyl sites for hydroxylation is 3. The van der Waals surface area contributed by atoms with Gasteiger partial charge in [0, 0.05) is 19.2 Å². The lowest BCUT2D eigenvalue weighted by Crippen LogP contribution is -2.24. The summed E-state index contributed by atoms with van der Waals surface area (Å²) < 4.78 is 23.3. The van der Waals surface area contributed by atoms with Gasteiger partial charge >= 0.3 is 6.03 Å². The van der Waals surface area contributed by atoms with Crippen LogP contribution in [0.25, 0.3) is 0 Å². The van der Waals surface area contributed by atoms with Crippen molar-refractivity contribution < 1.29 is 13.7 Å². The molecule has 0 radical (unpaired) electrons. The van der Waals surface area contributed by atoms with Crippen LogP contribution in [0.15, 0.2) is 20.0 Å². The summed E-state index contributed by atoms with van der Waals surface area (Å²) in [5.41, 5.74) is 8.10. The Morgan fingerprint density at radius 1 is 1.13 bits per heavy atom. The van der Waals surface area contributed by atoms with Crippen LogP contribution >= 0.6 is 11.3 Å². The number of carbonyl (C=O) groups is 1. The maximum Gasteiger partial charge on any atom is 0.354 e. The summed E-state index contributed by atoms with van der Waals surface area (Å²) in [6.45, 7) is 0. The van der Waals surface area contributed by atoms with Gasteiger partial charge in [0.15, 0.2) is 9.92 Å². The summed E-state index contributed by atoms with van der Waals surface area (Å²) in [7, 11) is -1.62. The number of ether oxygens (including phenoxy) is 1. The number of amides is 2. The monoisotopic (exact) mass is 445 g/mol. The second kappa shape index (κ2) is 7.75. The SMILES string of the molecule is CO[C@@H]1CCc2csc(S(N)(=O)=NC(=O)Nc3c4c(cc5c3CCC5)CCC4)c2C1. The van der Waals surface area contributed by atoms with Crippen molar-refractivity contribution in [1.82, 2.24) is 0 Å². The van der Waals surface area contributed by atoms with E-state index in [0.717, 1.165) is 68.2 Å². The lowest BCUT2D eigenvalue weighted by atomic mass is 9.93. The third-order valence-electron chi connectivity index (χ3n) is 6.63. The Labute approximate surface area is 181 Å². The van der Waals surface area contributed by atoms with Crippen LogP contribution in [0.2, 0.25) is 0 Å². The number of nitrogens with zero attached hydrogens (tertiary/aromatic N) is 1. The van der Waals surface area contributed by atoms with Crippen LogP contribution in [0, 0.1) is 0 Å². The fourth-order valence-electron chi connectivity index (χ4n) is 5.18. The highest BCUT2D eigenvalue weighted by Crippen LogP contribution is 2.39. The summed E-state index contributed by atoms with van der Waals surface area (Å²) >= 11 is 1.34. The minimum Gasteiger partial charge on any atom is -0.381 e. The number of carbonyl (C=O) groups excluding carboxylic acids is 1. The minimum absolute atomic E-state index is 0.0874. The van der Waals surface area contributed by atoms with Crippen LogP contribution in [0.1, 0.15) is 52.6 Å². The first-order valence-electron chi connectivity index (χ1n) is 10.6. The molecule has 1 unspecified atom stereocenters. The lowest BCUT2D eigenvalue weighted by Gasteiger charge is -2.22. The molecule has 160 valence electrons. The van der Waals surface area contributed by atoms with Crippen molar-refractivity contribution in [2.45, 2.75) is 68.1 Å². The van der Waals surface area contributed by atoms with E-state index in [0.29, 0.717) is 10.6 Å². The topological polar surface area (TPSA) is 93.8 Å². The molecule has 0 saturated carbocycles. The highest BCUT2D eigenvalue weighted by molar-refractivity contribution is 7.93. The number of thiophene rings is 1. The summed E-state index contributed by atoms with van der Waals surface area (Å²) in [4.78, 5) is 12.9. The second-order valence-corrected chi connectivity index (χ2v) is 11.3. The van der Waals surface area contributed by atoms with Crippen molar-refractivity contribution in [3.05, 3.63) is 44.8 Å². The lowest BCUT2D eigenvalue weighted by molar-refractivity contribution is 0.0907. The van der Waals surface area contributed by atoms with Gasteiger partial charge in [-0.05, 0) is 90.1 Å². The Hall–Kier alpha value is -1.74. The molecule has 1 heterocycles. The van der Waals surface area contributed by atoms with Crippen LogP contribution in [-0.4, -0.2) is 23.5 Å². The molecule has 2 amide bonds. The van der Waals surface area contributed by atoms with E-state index in [1.54, 1.807) is 7.11 Å². The first-order valence-corrected chi connectivity index (χ1v) is 13.1. The third-order valence-corrected chi connectivity index (χ3v) is 9.71. The smallest absolute Gasteiger partial charge is 0.354 e. The van der Waals surface area contributed by atoms with Crippen molar-refractivity contribution in [1.29, 1.82) is 0 Å².